The molecule has 6 heteroatoms. The van der Waals surface area contributed by atoms with Crippen LogP contribution in [-0.2, 0) is 5.75 Å². The zero-order valence-corrected chi connectivity index (χ0v) is 18.8. The number of hydrogen-bond acceptors (Lipinski definition) is 5. The molecule has 1 aliphatic carbocycles. The van der Waals surface area contributed by atoms with E-state index in [2.05, 4.69) is 41.3 Å². The molecule has 1 unspecified atom stereocenters. The van der Waals surface area contributed by atoms with E-state index in [1.807, 2.05) is 44.2 Å². The van der Waals surface area contributed by atoms with Gasteiger partial charge in [-0.25, -0.2) is 15.4 Å². The molecule has 1 aliphatic rings. The minimum atomic E-state index is -0.162. The van der Waals surface area contributed by atoms with Crippen LogP contribution >= 0.6 is 11.8 Å². The SMILES string of the molecule is Cc1cc(C)nc(SCc2ccc(C(=O)NN=C3CC(C)CC(C)(C)C3)cc2)n1. The quantitative estimate of drug-likeness (QED) is 0.412. The van der Waals surface area contributed by atoms with Crippen LogP contribution in [0.3, 0.4) is 0 Å². The Morgan fingerprint density at radius 1 is 1.21 bits per heavy atom. The Bertz CT molecular complexity index is 885. The van der Waals surface area contributed by atoms with Gasteiger partial charge in [0.05, 0.1) is 0 Å². The second-order valence-corrected chi connectivity index (χ2v) is 9.83. The van der Waals surface area contributed by atoms with Crippen LogP contribution in [0.1, 0.15) is 67.3 Å². The van der Waals surface area contributed by atoms with Crippen molar-refractivity contribution < 1.29 is 4.79 Å². The van der Waals surface area contributed by atoms with Crippen molar-refractivity contribution in [1.29, 1.82) is 0 Å². The minimum Gasteiger partial charge on any atom is -0.267 e. The Hall–Kier alpha value is -2.21. The van der Waals surface area contributed by atoms with Gasteiger partial charge < -0.3 is 0 Å². The lowest BCUT2D eigenvalue weighted by Gasteiger charge is -2.34. The summed E-state index contributed by atoms with van der Waals surface area (Å²) in [6.45, 7) is 10.7. The zero-order valence-electron chi connectivity index (χ0n) is 18.0. The van der Waals surface area contributed by atoms with Gasteiger partial charge >= 0.3 is 0 Å². The van der Waals surface area contributed by atoms with Gasteiger partial charge in [0.2, 0.25) is 0 Å². The largest absolute Gasteiger partial charge is 0.271 e. The third-order valence-corrected chi connectivity index (χ3v) is 5.95. The first-order valence-corrected chi connectivity index (χ1v) is 11.1. The van der Waals surface area contributed by atoms with E-state index >= 15 is 0 Å². The molecule has 29 heavy (non-hydrogen) atoms. The Labute approximate surface area is 177 Å². The molecule has 1 aromatic carbocycles. The van der Waals surface area contributed by atoms with E-state index in [9.17, 15) is 4.79 Å². The fourth-order valence-corrected chi connectivity index (χ4v) is 4.96. The van der Waals surface area contributed by atoms with Crippen molar-refractivity contribution in [1.82, 2.24) is 15.4 Å². The number of thioether (sulfide) groups is 1. The molecule has 0 aliphatic heterocycles. The van der Waals surface area contributed by atoms with Crippen LogP contribution in [0, 0.1) is 25.2 Å². The van der Waals surface area contributed by atoms with Gasteiger partial charge in [-0.05, 0) is 68.2 Å². The maximum absolute atomic E-state index is 12.5. The van der Waals surface area contributed by atoms with Crippen molar-refractivity contribution in [2.24, 2.45) is 16.4 Å². The molecular weight excluding hydrogens is 380 g/mol. The lowest BCUT2D eigenvalue weighted by Crippen LogP contribution is -2.30. The van der Waals surface area contributed by atoms with Gasteiger partial charge in [-0.3, -0.25) is 4.79 Å². The Balaban J connectivity index is 1.56. The molecule has 0 spiro atoms. The smallest absolute Gasteiger partial charge is 0.267 e. The number of hydrazone groups is 1. The van der Waals surface area contributed by atoms with E-state index in [0.29, 0.717) is 11.5 Å². The number of rotatable bonds is 5. The van der Waals surface area contributed by atoms with E-state index in [0.717, 1.165) is 46.4 Å². The van der Waals surface area contributed by atoms with E-state index in [1.54, 1.807) is 11.8 Å². The number of carbonyl (C=O) groups excluding carboxylic acids is 1. The summed E-state index contributed by atoms with van der Waals surface area (Å²) < 4.78 is 0. The summed E-state index contributed by atoms with van der Waals surface area (Å²) in [7, 11) is 0. The molecule has 2 aromatic rings. The summed E-state index contributed by atoms with van der Waals surface area (Å²) in [6, 6.07) is 9.62. The van der Waals surface area contributed by atoms with E-state index in [4.69, 9.17) is 0 Å². The Morgan fingerprint density at radius 2 is 1.86 bits per heavy atom. The third-order valence-electron chi connectivity index (χ3n) is 5.03. The van der Waals surface area contributed by atoms with Gasteiger partial charge in [-0.2, -0.15) is 5.10 Å². The molecule has 3 rings (SSSR count). The molecule has 1 N–H and O–H groups in total. The summed E-state index contributed by atoms with van der Waals surface area (Å²) >= 11 is 1.60. The normalized spacial score (nSPS) is 19.9. The maximum atomic E-state index is 12.5. The van der Waals surface area contributed by atoms with Crippen molar-refractivity contribution in [3.8, 4) is 0 Å². The van der Waals surface area contributed by atoms with Gasteiger partial charge in [-0.15, -0.1) is 0 Å². The number of hydrogen-bond donors (Lipinski definition) is 1. The van der Waals surface area contributed by atoms with Gasteiger partial charge in [0, 0.05) is 28.4 Å². The second-order valence-electron chi connectivity index (χ2n) is 8.89. The average molecular weight is 411 g/mol. The van der Waals surface area contributed by atoms with Gasteiger partial charge in [0.25, 0.3) is 5.91 Å². The number of aromatic nitrogens is 2. The van der Waals surface area contributed by atoms with Crippen LogP contribution in [0.25, 0.3) is 0 Å². The van der Waals surface area contributed by atoms with Gasteiger partial charge in [0.15, 0.2) is 5.16 Å². The standard InChI is InChI=1S/C23H30N4OS/c1-15-10-20(13-23(4,5)12-15)26-27-21(28)19-8-6-18(7-9-19)14-29-22-24-16(2)11-17(3)25-22/h6-9,11,15H,10,12-14H2,1-5H3,(H,27,28). The summed E-state index contributed by atoms with van der Waals surface area (Å²) in [5, 5.41) is 5.20. The van der Waals surface area contributed by atoms with E-state index in [1.165, 1.54) is 6.42 Å². The average Bonchev–Trinajstić information content (AvgIpc) is 2.62. The lowest BCUT2D eigenvalue weighted by atomic mass is 9.72. The summed E-state index contributed by atoms with van der Waals surface area (Å²) in [4.78, 5) is 21.4. The predicted octanol–water partition coefficient (Wildman–Crippen LogP) is 5.32. The monoisotopic (exact) mass is 410 g/mol. The molecule has 0 radical (unpaired) electrons. The van der Waals surface area contributed by atoms with Crippen LogP contribution < -0.4 is 5.43 Å². The van der Waals surface area contributed by atoms with Crippen molar-refractivity contribution in [3.63, 3.8) is 0 Å². The Kier molecular flexibility index (Phi) is 6.73. The lowest BCUT2D eigenvalue weighted by molar-refractivity contribution is 0.0954. The zero-order chi connectivity index (χ0) is 21.0. The van der Waals surface area contributed by atoms with Gasteiger partial charge in [0.1, 0.15) is 0 Å². The molecule has 1 fully saturated rings. The van der Waals surface area contributed by atoms with Crippen molar-refractivity contribution in [2.45, 2.75) is 64.8 Å². The molecule has 1 atom stereocenters. The maximum Gasteiger partial charge on any atom is 0.271 e. The number of nitrogens with zero attached hydrogens (tertiary/aromatic N) is 3. The highest BCUT2D eigenvalue weighted by Crippen LogP contribution is 2.36. The van der Waals surface area contributed by atoms with Crippen LogP contribution in [0.15, 0.2) is 40.6 Å². The van der Waals surface area contributed by atoms with Crippen LogP contribution in [0.4, 0.5) is 0 Å². The molecular formula is C23H30N4OS. The molecule has 1 heterocycles. The van der Waals surface area contributed by atoms with Crippen LogP contribution in [0.2, 0.25) is 0 Å². The summed E-state index contributed by atoms with van der Waals surface area (Å²) in [6.07, 6.45) is 3.10. The molecule has 0 bridgehead atoms. The topological polar surface area (TPSA) is 67.2 Å². The molecule has 154 valence electrons. The highest BCUT2D eigenvalue weighted by Gasteiger charge is 2.29. The summed E-state index contributed by atoms with van der Waals surface area (Å²) in [5.74, 6) is 1.21. The first-order chi connectivity index (χ1) is 13.7. The van der Waals surface area contributed by atoms with Crippen molar-refractivity contribution in [3.05, 3.63) is 52.8 Å². The molecule has 5 nitrogen and oxygen atoms in total. The second kappa shape index (κ2) is 9.08. The van der Waals surface area contributed by atoms with Crippen LogP contribution in [-0.4, -0.2) is 21.6 Å². The fraction of sp³-hybridized carbons (Fsp3) is 0.478. The molecule has 1 aromatic heterocycles. The van der Waals surface area contributed by atoms with Crippen LogP contribution in [0.5, 0.6) is 0 Å². The van der Waals surface area contributed by atoms with E-state index in [-0.39, 0.29) is 11.3 Å². The van der Waals surface area contributed by atoms with E-state index < -0.39 is 0 Å². The van der Waals surface area contributed by atoms with Crippen molar-refractivity contribution >= 4 is 23.4 Å². The molecule has 1 saturated carbocycles. The molecule has 0 saturated heterocycles. The fourth-order valence-electron chi connectivity index (χ4n) is 4.05. The Morgan fingerprint density at radius 3 is 2.48 bits per heavy atom. The van der Waals surface area contributed by atoms with Gasteiger partial charge in [-0.1, -0.05) is 44.7 Å². The number of carbonyl (C=O) groups is 1. The number of aryl methyl sites for hydroxylation is 2. The predicted molar refractivity (Wildman–Crippen MR) is 119 cm³/mol. The first kappa shape index (κ1) is 21.5. The highest BCUT2D eigenvalue weighted by atomic mass is 32.2. The summed E-state index contributed by atoms with van der Waals surface area (Å²) in [5.41, 5.74) is 7.78. The number of amides is 1. The minimum absolute atomic E-state index is 0.162. The molecule has 1 amide bonds. The van der Waals surface area contributed by atoms with Crippen molar-refractivity contribution in [2.75, 3.05) is 0 Å². The first-order valence-electron chi connectivity index (χ1n) is 10.1. The number of benzene rings is 1. The number of nitrogens with one attached hydrogen (secondary N) is 1. The third kappa shape index (κ3) is 6.39. The highest BCUT2D eigenvalue weighted by molar-refractivity contribution is 7.98.